The molecule has 90 valence electrons. The Hall–Kier alpha value is -0.890. The van der Waals surface area contributed by atoms with Crippen LogP contribution >= 0.6 is 0 Å². The van der Waals surface area contributed by atoms with E-state index in [1.54, 1.807) is 12.1 Å². The van der Waals surface area contributed by atoms with Crippen molar-refractivity contribution in [2.24, 2.45) is 0 Å². The molecule has 1 aromatic rings. The molecule has 0 bridgehead atoms. The maximum Gasteiger partial charge on any atom is 0.123 e. The summed E-state index contributed by atoms with van der Waals surface area (Å²) in [5.41, 5.74) is 1.10. The summed E-state index contributed by atoms with van der Waals surface area (Å²) in [5.74, 6) is -0.128. The summed E-state index contributed by atoms with van der Waals surface area (Å²) in [6.07, 6.45) is 5.70. The van der Waals surface area contributed by atoms with Crippen LogP contribution in [0.3, 0.4) is 0 Å². The molecule has 0 aromatic heterocycles. The van der Waals surface area contributed by atoms with Gasteiger partial charge in [-0.15, -0.1) is 0 Å². The third kappa shape index (κ3) is 4.75. The molecule has 1 N–H and O–H groups in total. The standard InChI is InChI=1S/C14H22FN/c1-3-6-14(16-2)10-5-8-12-7-4-9-13(15)11-12/h4,7,9,11,14,16H,3,5-6,8,10H2,1-2H3. The Morgan fingerprint density at radius 1 is 1.31 bits per heavy atom. The lowest BCUT2D eigenvalue weighted by molar-refractivity contribution is 0.469. The summed E-state index contributed by atoms with van der Waals surface area (Å²) < 4.78 is 12.9. The molecule has 1 nitrogen and oxygen atoms in total. The Kier molecular flexibility index (Phi) is 6.09. The SMILES string of the molecule is CCCC(CCCc1cccc(F)c1)NC. The number of rotatable bonds is 7. The van der Waals surface area contributed by atoms with Crippen molar-refractivity contribution in [3.63, 3.8) is 0 Å². The zero-order valence-electron chi connectivity index (χ0n) is 10.3. The fraction of sp³-hybridized carbons (Fsp3) is 0.571. The highest BCUT2D eigenvalue weighted by molar-refractivity contribution is 5.16. The molecule has 0 fully saturated rings. The molecule has 0 aliphatic rings. The zero-order valence-corrected chi connectivity index (χ0v) is 10.3. The topological polar surface area (TPSA) is 12.0 Å². The Bertz CT molecular complexity index is 299. The van der Waals surface area contributed by atoms with E-state index in [9.17, 15) is 4.39 Å². The van der Waals surface area contributed by atoms with Crippen LogP contribution in [0.4, 0.5) is 4.39 Å². The van der Waals surface area contributed by atoms with Gasteiger partial charge in [0.1, 0.15) is 5.82 Å². The molecular formula is C14H22FN. The normalized spacial score (nSPS) is 12.7. The second-order valence-corrected chi connectivity index (χ2v) is 4.30. The van der Waals surface area contributed by atoms with E-state index in [4.69, 9.17) is 0 Å². The van der Waals surface area contributed by atoms with E-state index in [-0.39, 0.29) is 5.82 Å². The van der Waals surface area contributed by atoms with Gasteiger partial charge in [0.2, 0.25) is 0 Å². The highest BCUT2D eigenvalue weighted by Gasteiger charge is 2.04. The van der Waals surface area contributed by atoms with Gasteiger partial charge in [-0.1, -0.05) is 25.5 Å². The molecule has 16 heavy (non-hydrogen) atoms. The summed E-state index contributed by atoms with van der Waals surface area (Å²) >= 11 is 0. The predicted molar refractivity (Wildman–Crippen MR) is 67.1 cm³/mol. The number of halogens is 1. The highest BCUT2D eigenvalue weighted by Crippen LogP contribution is 2.10. The highest BCUT2D eigenvalue weighted by atomic mass is 19.1. The van der Waals surface area contributed by atoms with Crippen LogP contribution in [0.2, 0.25) is 0 Å². The first-order valence-corrected chi connectivity index (χ1v) is 6.18. The van der Waals surface area contributed by atoms with Crippen molar-refractivity contribution in [2.45, 2.75) is 45.1 Å². The first kappa shape index (κ1) is 13.2. The molecule has 0 heterocycles. The minimum Gasteiger partial charge on any atom is -0.317 e. The number of hydrogen-bond donors (Lipinski definition) is 1. The van der Waals surface area contributed by atoms with Crippen molar-refractivity contribution in [3.8, 4) is 0 Å². The number of aryl methyl sites for hydroxylation is 1. The maximum atomic E-state index is 12.9. The van der Waals surface area contributed by atoms with Gasteiger partial charge in [0.15, 0.2) is 0 Å². The van der Waals surface area contributed by atoms with E-state index < -0.39 is 0 Å². The third-order valence-corrected chi connectivity index (χ3v) is 2.95. The lowest BCUT2D eigenvalue weighted by Crippen LogP contribution is -2.24. The lowest BCUT2D eigenvalue weighted by atomic mass is 10.0. The zero-order chi connectivity index (χ0) is 11.8. The molecule has 0 aliphatic carbocycles. The van der Waals surface area contributed by atoms with Crippen molar-refractivity contribution in [3.05, 3.63) is 35.6 Å². The average molecular weight is 223 g/mol. The van der Waals surface area contributed by atoms with Crippen LogP contribution in [-0.4, -0.2) is 13.1 Å². The molecule has 0 radical (unpaired) electrons. The Morgan fingerprint density at radius 3 is 2.75 bits per heavy atom. The Morgan fingerprint density at radius 2 is 2.12 bits per heavy atom. The summed E-state index contributed by atoms with van der Waals surface area (Å²) in [5, 5.41) is 3.33. The van der Waals surface area contributed by atoms with E-state index >= 15 is 0 Å². The molecule has 0 saturated heterocycles. The van der Waals surface area contributed by atoms with Gasteiger partial charge in [-0.25, -0.2) is 4.39 Å². The molecule has 0 saturated carbocycles. The van der Waals surface area contributed by atoms with Gasteiger partial charge in [0, 0.05) is 6.04 Å². The quantitative estimate of drug-likeness (QED) is 0.745. The second kappa shape index (κ2) is 7.39. The Balaban J connectivity index is 2.29. The van der Waals surface area contributed by atoms with Gasteiger partial charge >= 0.3 is 0 Å². The minimum absolute atomic E-state index is 0.128. The minimum atomic E-state index is -0.128. The van der Waals surface area contributed by atoms with Crippen LogP contribution in [0.15, 0.2) is 24.3 Å². The molecule has 1 atom stereocenters. The third-order valence-electron chi connectivity index (χ3n) is 2.95. The van der Waals surface area contributed by atoms with E-state index in [2.05, 4.69) is 12.2 Å². The molecular weight excluding hydrogens is 201 g/mol. The molecule has 2 heteroatoms. The van der Waals surface area contributed by atoms with E-state index in [0.29, 0.717) is 6.04 Å². The smallest absolute Gasteiger partial charge is 0.123 e. The van der Waals surface area contributed by atoms with Gasteiger partial charge in [-0.05, 0) is 50.4 Å². The summed E-state index contributed by atoms with van der Waals surface area (Å²) in [6, 6.07) is 7.52. The predicted octanol–water partition coefficient (Wildman–Crippen LogP) is 3.54. The van der Waals surface area contributed by atoms with Crippen LogP contribution < -0.4 is 5.32 Å². The van der Waals surface area contributed by atoms with E-state index in [0.717, 1.165) is 18.4 Å². The molecule has 0 amide bonds. The van der Waals surface area contributed by atoms with Gasteiger partial charge in [0.25, 0.3) is 0 Å². The summed E-state index contributed by atoms with van der Waals surface area (Å²) in [7, 11) is 2.02. The fourth-order valence-corrected chi connectivity index (χ4v) is 2.03. The Labute approximate surface area is 98.1 Å². The van der Waals surface area contributed by atoms with Crippen molar-refractivity contribution in [2.75, 3.05) is 7.05 Å². The summed E-state index contributed by atoms with van der Waals surface area (Å²) in [4.78, 5) is 0. The fourth-order valence-electron chi connectivity index (χ4n) is 2.03. The lowest BCUT2D eigenvalue weighted by Gasteiger charge is -2.14. The first-order valence-electron chi connectivity index (χ1n) is 6.18. The van der Waals surface area contributed by atoms with Crippen molar-refractivity contribution >= 4 is 0 Å². The average Bonchev–Trinajstić information content (AvgIpc) is 2.28. The van der Waals surface area contributed by atoms with Crippen LogP contribution in [0.25, 0.3) is 0 Å². The number of hydrogen-bond acceptors (Lipinski definition) is 1. The largest absolute Gasteiger partial charge is 0.317 e. The van der Waals surface area contributed by atoms with Gasteiger partial charge in [-0.2, -0.15) is 0 Å². The van der Waals surface area contributed by atoms with Gasteiger partial charge in [-0.3, -0.25) is 0 Å². The monoisotopic (exact) mass is 223 g/mol. The van der Waals surface area contributed by atoms with Crippen LogP contribution in [0.1, 0.15) is 38.2 Å². The van der Waals surface area contributed by atoms with Crippen molar-refractivity contribution in [1.29, 1.82) is 0 Å². The molecule has 0 aliphatic heterocycles. The second-order valence-electron chi connectivity index (χ2n) is 4.30. The van der Waals surface area contributed by atoms with E-state index in [1.165, 1.54) is 25.3 Å². The first-order chi connectivity index (χ1) is 7.76. The summed E-state index contributed by atoms with van der Waals surface area (Å²) in [6.45, 7) is 2.21. The van der Waals surface area contributed by atoms with Crippen LogP contribution in [-0.2, 0) is 6.42 Å². The maximum absolute atomic E-state index is 12.9. The van der Waals surface area contributed by atoms with Crippen LogP contribution in [0, 0.1) is 5.82 Å². The van der Waals surface area contributed by atoms with Crippen molar-refractivity contribution < 1.29 is 4.39 Å². The van der Waals surface area contributed by atoms with Crippen molar-refractivity contribution in [1.82, 2.24) is 5.32 Å². The number of nitrogens with one attached hydrogen (secondary N) is 1. The van der Waals surface area contributed by atoms with E-state index in [1.807, 2.05) is 13.1 Å². The van der Waals surface area contributed by atoms with Gasteiger partial charge in [0.05, 0.1) is 0 Å². The van der Waals surface area contributed by atoms with Gasteiger partial charge < -0.3 is 5.32 Å². The number of benzene rings is 1. The molecule has 1 unspecified atom stereocenters. The molecule has 0 spiro atoms. The molecule has 1 rings (SSSR count). The molecule has 1 aromatic carbocycles. The van der Waals surface area contributed by atoms with Crippen LogP contribution in [0.5, 0.6) is 0 Å².